The first-order valence-electron chi connectivity index (χ1n) is 5.88. The van der Waals surface area contributed by atoms with Gasteiger partial charge >= 0.3 is 0 Å². The van der Waals surface area contributed by atoms with Gasteiger partial charge in [-0.3, -0.25) is 4.98 Å². The number of aromatic nitrogens is 1. The van der Waals surface area contributed by atoms with Crippen LogP contribution >= 0.6 is 28.1 Å². The van der Waals surface area contributed by atoms with Gasteiger partial charge in [0.15, 0.2) is 0 Å². The van der Waals surface area contributed by atoms with E-state index in [0.29, 0.717) is 10.0 Å². The van der Waals surface area contributed by atoms with Crippen LogP contribution < -0.4 is 11.1 Å². The van der Waals surface area contributed by atoms with Gasteiger partial charge in [0, 0.05) is 15.9 Å². The summed E-state index contributed by atoms with van der Waals surface area (Å²) in [5.41, 5.74) is 9.56. The van der Waals surface area contributed by atoms with Crippen molar-refractivity contribution in [3.05, 3.63) is 51.5 Å². The number of nitrogens with zero attached hydrogens (tertiary/aromatic N) is 1. The van der Waals surface area contributed by atoms with Crippen molar-refractivity contribution in [1.29, 1.82) is 0 Å². The molecule has 0 amide bonds. The summed E-state index contributed by atoms with van der Waals surface area (Å²) in [5, 5.41) is 3.21. The smallest absolute Gasteiger partial charge is 0.124 e. The Morgan fingerprint density at radius 1 is 1.30 bits per heavy atom. The molecule has 1 heterocycles. The fourth-order valence-corrected chi connectivity index (χ4v) is 2.68. The normalized spacial score (nSPS) is 10.4. The first-order chi connectivity index (χ1) is 9.38. The summed E-state index contributed by atoms with van der Waals surface area (Å²) in [6, 6.07) is 6.28. The minimum Gasteiger partial charge on any atom is -0.389 e. The Labute approximate surface area is 130 Å². The molecule has 0 atom stereocenters. The molecule has 104 valence electrons. The van der Waals surface area contributed by atoms with Crippen LogP contribution in [0, 0.1) is 19.7 Å². The third-order valence-corrected chi connectivity index (χ3v) is 3.64. The highest BCUT2D eigenvalue weighted by Gasteiger charge is 2.12. The highest BCUT2D eigenvalue weighted by molar-refractivity contribution is 9.10. The lowest BCUT2D eigenvalue weighted by Crippen LogP contribution is -2.15. The van der Waals surface area contributed by atoms with Crippen molar-refractivity contribution < 1.29 is 4.39 Å². The van der Waals surface area contributed by atoms with Gasteiger partial charge in [-0.1, -0.05) is 12.2 Å². The van der Waals surface area contributed by atoms with Crippen LogP contribution in [0.1, 0.15) is 17.0 Å². The number of benzene rings is 1. The molecule has 0 aliphatic heterocycles. The molecule has 0 saturated heterocycles. The molecule has 0 aliphatic rings. The van der Waals surface area contributed by atoms with E-state index >= 15 is 0 Å². The lowest BCUT2D eigenvalue weighted by Gasteiger charge is -2.15. The third-order valence-electron chi connectivity index (χ3n) is 2.78. The molecule has 0 spiro atoms. The van der Waals surface area contributed by atoms with Crippen molar-refractivity contribution in [3.8, 4) is 0 Å². The second-order valence-corrected chi connectivity index (χ2v) is 5.68. The number of aryl methyl sites for hydroxylation is 2. The summed E-state index contributed by atoms with van der Waals surface area (Å²) in [5.74, 6) is -0.306. The molecule has 1 aromatic carbocycles. The predicted octanol–water partition coefficient (Wildman–Crippen LogP) is 3.98. The SMILES string of the molecule is Cc1cc(Nc2ccc(F)cc2Br)c(C(N)=S)c(C)n1. The van der Waals surface area contributed by atoms with E-state index in [1.54, 1.807) is 6.07 Å². The number of pyridine rings is 1. The zero-order valence-corrected chi connectivity index (χ0v) is 13.4. The van der Waals surface area contributed by atoms with Gasteiger partial charge in [-0.2, -0.15) is 0 Å². The molecule has 0 unspecified atom stereocenters. The largest absolute Gasteiger partial charge is 0.389 e. The van der Waals surface area contributed by atoms with E-state index in [2.05, 4.69) is 26.2 Å². The topological polar surface area (TPSA) is 50.9 Å². The molecule has 3 N–H and O–H groups in total. The van der Waals surface area contributed by atoms with E-state index in [4.69, 9.17) is 18.0 Å². The average Bonchev–Trinajstić information content (AvgIpc) is 2.31. The molecule has 0 saturated carbocycles. The van der Waals surface area contributed by atoms with Crippen LogP contribution in [-0.4, -0.2) is 9.97 Å². The Balaban J connectivity index is 2.50. The Hall–Kier alpha value is -1.53. The highest BCUT2D eigenvalue weighted by atomic mass is 79.9. The number of hydrogen-bond acceptors (Lipinski definition) is 3. The van der Waals surface area contributed by atoms with Gasteiger partial charge < -0.3 is 11.1 Å². The van der Waals surface area contributed by atoms with Crippen molar-refractivity contribution >= 4 is 44.5 Å². The molecule has 20 heavy (non-hydrogen) atoms. The van der Waals surface area contributed by atoms with E-state index in [1.807, 2.05) is 19.9 Å². The van der Waals surface area contributed by atoms with Crippen LogP contribution in [0.5, 0.6) is 0 Å². The maximum Gasteiger partial charge on any atom is 0.124 e. The monoisotopic (exact) mass is 353 g/mol. The summed E-state index contributed by atoms with van der Waals surface area (Å²) >= 11 is 8.40. The van der Waals surface area contributed by atoms with Crippen molar-refractivity contribution in [1.82, 2.24) is 4.98 Å². The fourth-order valence-electron chi connectivity index (χ4n) is 1.97. The lowest BCUT2D eigenvalue weighted by molar-refractivity contribution is 0.627. The van der Waals surface area contributed by atoms with Gasteiger partial charge in [0.05, 0.1) is 16.9 Å². The molecule has 2 aromatic rings. The van der Waals surface area contributed by atoms with Crippen LogP contribution in [0.25, 0.3) is 0 Å². The van der Waals surface area contributed by atoms with Crippen molar-refractivity contribution in [3.63, 3.8) is 0 Å². The van der Waals surface area contributed by atoms with Gasteiger partial charge in [0.1, 0.15) is 10.8 Å². The van der Waals surface area contributed by atoms with Gasteiger partial charge in [-0.15, -0.1) is 0 Å². The number of halogens is 2. The van der Waals surface area contributed by atoms with Crippen LogP contribution in [0.3, 0.4) is 0 Å². The summed E-state index contributed by atoms with van der Waals surface area (Å²) in [4.78, 5) is 4.63. The van der Waals surface area contributed by atoms with E-state index in [9.17, 15) is 4.39 Å². The van der Waals surface area contributed by atoms with Crippen LogP contribution in [0.15, 0.2) is 28.7 Å². The van der Waals surface area contributed by atoms with Gasteiger partial charge in [0.25, 0.3) is 0 Å². The van der Waals surface area contributed by atoms with Gasteiger partial charge in [0.2, 0.25) is 0 Å². The van der Waals surface area contributed by atoms with Crippen LogP contribution in [-0.2, 0) is 0 Å². The summed E-state index contributed by atoms with van der Waals surface area (Å²) in [7, 11) is 0. The number of nitrogens with two attached hydrogens (primary N) is 1. The highest BCUT2D eigenvalue weighted by Crippen LogP contribution is 2.29. The summed E-state index contributed by atoms with van der Waals surface area (Å²) < 4.78 is 13.7. The molecular formula is C14H13BrFN3S. The molecule has 3 nitrogen and oxygen atoms in total. The molecular weight excluding hydrogens is 341 g/mol. The van der Waals surface area contributed by atoms with E-state index in [-0.39, 0.29) is 10.8 Å². The standard InChI is InChI=1S/C14H13BrFN3S/c1-7-5-12(13(14(17)20)8(2)18-7)19-11-4-3-9(16)6-10(11)15/h3-6H,1-2H3,(H2,17,20)(H,18,19). The number of hydrogen-bond donors (Lipinski definition) is 2. The van der Waals surface area contributed by atoms with Crippen molar-refractivity contribution in [2.24, 2.45) is 5.73 Å². The molecule has 1 aromatic heterocycles. The molecule has 0 aliphatic carbocycles. The van der Waals surface area contributed by atoms with Gasteiger partial charge in [-0.05, 0) is 54.0 Å². The summed E-state index contributed by atoms with van der Waals surface area (Å²) in [6.45, 7) is 3.74. The lowest BCUT2D eigenvalue weighted by atomic mass is 10.1. The zero-order chi connectivity index (χ0) is 14.9. The predicted molar refractivity (Wildman–Crippen MR) is 87.0 cm³/mol. The van der Waals surface area contributed by atoms with E-state index in [0.717, 1.165) is 22.8 Å². The summed E-state index contributed by atoms with van der Waals surface area (Å²) in [6.07, 6.45) is 0. The number of rotatable bonds is 3. The molecule has 0 bridgehead atoms. The fraction of sp³-hybridized carbons (Fsp3) is 0.143. The number of anilines is 2. The second kappa shape index (κ2) is 5.85. The Kier molecular flexibility index (Phi) is 4.35. The van der Waals surface area contributed by atoms with Crippen LogP contribution in [0.2, 0.25) is 0 Å². The maximum atomic E-state index is 13.1. The van der Waals surface area contributed by atoms with Crippen molar-refractivity contribution in [2.75, 3.05) is 5.32 Å². The minimum absolute atomic E-state index is 0.274. The minimum atomic E-state index is -0.306. The molecule has 6 heteroatoms. The quantitative estimate of drug-likeness (QED) is 0.819. The van der Waals surface area contributed by atoms with Gasteiger partial charge in [-0.25, -0.2) is 4.39 Å². The van der Waals surface area contributed by atoms with E-state index in [1.165, 1.54) is 12.1 Å². The first-order valence-corrected chi connectivity index (χ1v) is 7.08. The Morgan fingerprint density at radius 3 is 2.60 bits per heavy atom. The zero-order valence-electron chi connectivity index (χ0n) is 11.0. The number of nitrogens with one attached hydrogen (secondary N) is 1. The molecule has 0 radical (unpaired) electrons. The van der Waals surface area contributed by atoms with E-state index < -0.39 is 0 Å². The Bertz CT molecular complexity index is 688. The second-order valence-electron chi connectivity index (χ2n) is 4.39. The average molecular weight is 354 g/mol. The first kappa shape index (κ1) is 14.9. The maximum absolute atomic E-state index is 13.1. The van der Waals surface area contributed by atoms with Crippen LogP contribution in [0.4, 0.5) is 15.8 Å². The Morgan fingerprint density at radius 2 is 2.00 bits per heavy atom. The number of thiocarbonyl (C=S) groups is 1. The third kappa shape index (κ3) is 3.13. The molecule has 2 rings (SSSR count). The van der Waals surface area contributed by atoms with Crippen molar-refractivity contribution in [2.45, 2.75) is 13.8 Å². The molecule has 0 fully saturated rings.